The van der Waals surface area contributed by atoms with Crippen molar-refractivity contribution >= 4 is 40.0 Å². The predicted octanol–water partition coefficient (Wildman–Crippen LogP) is 3.08. The zero-order valence-corrected chi connectivity index (χ0v) is 10.7. The second-order valence-electron chi connectivity index (χ2n) is 3.33. The lowest BCUT2D eigenvalue weighted by Crippen LogP contribution is -2.20. The first-order chi connectivity index (χ1) is 6.52. The van der Waals surface area contributed by atoms with Gasteiger partial charge in [-0.2, -0.15) is 0 Å². The second kappa shape index (κ2) is 3.41. The van der Waals surface area contributed by atoms with Gasteiger partial charge in [-0.15, -0.1) is 0 Å². The Morgan fingerprint density at radius 1 is 1.50 bits per heavy atom. The molecule has 1 aromatic heterocycles. The fourth-order valence-electron chi connectivity index (χ4n) is 1.64. The molecule has 0 saturated heterocycles. The van der Waals surface area contributed by atoms with Crippen molar-refractivity contribution < 1.29 is 4.39 Å². The second-order valence-corrected chi connectivity index (χ2v) is 4.90. The summed E-state index contributed by atoms with van der Waals surface area (Å²) < 4.78 is 16.4. The van der Waals surface area contributed by atoms with Gasteiger partial charge in [0.15, 0.2) is 5.83 Å². The highest BCUT2D eigenvalue weighted by Crippen LogP contribution is 2.39. The summed E-state index contributed by atoms with van der Waals surface area (Å²) in [5.74, 6) is -0.232. The number of hydrogen-bond donors (Lipinski definition) is 0. The van der Waals surface area contributed by atoms with E-state index in [1.165, 1.54) is 6.20 Å². The zero-order valence-electron chi connectivity index (χ0n) is 7.76. The monoisotopic (exact) mass is 326 g/mol. The summed E-state index contributed by atoms with van der Waals surface area (Å²) in [7, 11) is 3.59. The minimum atomic E-state index is -0.280. The maximum atomic E-state index is 13.6. The van der Waals surface area contributed by atoms with Gasteiger partial charge in [-0.3, -0.25) is 0 Å². The van der Waals surface area contributed by atoms with E-state index in [1.807, 2.05) is 13.2 Å². The highest BCUT2D eigenvalue weighted by atomic mass is 127. The summed E-state index contributed by atoms with van der Waals surface area (Å²) in [6, 6.07) is 0. The standard InChI is InChI=1S/C9H9ClFIN2/c1-13-4-6(12)7-8(13)5(11)3-14(2)9(7)10/h3-4,9H,1-2H3. The Labute approximate surface area is 100 Å². The van der Waals surface area contributed by atoms with E-state index in [0.29, 0.717) is 5.69 Å². The molecule has 0 bridgehead atoms. The lowest BCUT2D eigenvalue weighted by atomic mass is 10.1. The van der Waals surface area contributed by atoms with Gasteiger partial charge in [0.25, 0.3) is 0 Å². The Morgan fingerprint density at radius 2 is 2.14 bits per heavy atom. The van der Waals surface area contributed by atoms with Crippen LogP contribution < -0.4 is 0 Å². The van der Waals surface area contributed by atoms with E-state index in [-0.39, 0.29) is 11.3 Å². The van der Waals surface area contributed by atoms with Crippen molar-refractivity contribution in [3.05, 3.63) is 27.2 Å². The van der Waals surface area contributed by atoms with E-state index in [1.54, 1.807) is 16.5 Å². The number of hydrogen-bond acceptors (Lipinski definition) is 1. The minimum Gasteiger partial charge on any atom is -0.358 e. The van der Waals surface area contributed by atoms with Crippen LogP contribution >= 0.6 is 34.2 Å². The van der Waals surface area contributed by atoms with Crippen LogP contribution in [0.4, 0.5) is 4.39 Å². The van der Waals surface area contributed by atoms with Crippen LogP contribution in [0.5, 0.6) is 0 Å². The lowest BCUT2D eigenvalue weighted by molar-refractivity contribution is 0.414. The van der Waals surface area contributed by atoms with Crippen LogP contribution in [0.15, 0.2) is 12.4 Å². The number of aryl methyl sites for hydroxylation is 1. The molecule has 0 saturated carbocycles. The maximum absolute atomic E-state index is 13.6. The molecular weight excluding hydrogens is 317 g/mol. The SMILES string of the molecule is CN1C=C(F)c2c(c(I)cn2C)C1Cl. The van der Waals surface area contributed by atoms with Gasteiger partial charge in [0.1, 0.15) is 5.50 Å². The third-order valence-electron chi connectivity index (χ3n) is 2.31. The Kier molecular flexibility index (Phi) is 2.51. The molecule has 0 spiro atoms. The number of alkyl halides is 1. The molecule has 1 unspecified atom stereocenters. The third kappa shape index (κ3) is 1.35. The van der Waals surface area contributed by atoms with Gasteiger partial charge in [-0.05, 0) is 22.6 Å². The summed E-state index contributed by atoms with van der Waals surface area (Å²) in [5.41, 5.74) is 1.17. The maximum Gasteiger partial charge on any atom is 0.163 e. The Hall–Kier alpha value is -0.230. The molecule has 5 heteroatoms. The summed E-state index contributed by atoms with van der Waals surface area (Å²) in [4.78, 5) is 1.67. The topological polar surface area (TPSA) is 8.17 Å². The molecule has 0 amide bonds. The quantitative estimate of drug-likeness (QED) is 0.404. The van der Waals surface area contributed by atoms with Crippen molar-refractivity contribution in [1.82, 2.24) is 9.47 Å². The third-order valence-corrected chi connectivity index (χ3v) is 3.70. The molecule has 0 aromatic carbocycles. The first-order valence-electron chi connectivity index (χ1n) is 4.10. The Balaban J connectivity index is 2.68. The number of halogens is 3. The molecular formula is C9H9ClFIN2. The largest absolute Gasteiger partial charge is 0.358 e. The van der Waals surface area contributed by atoms with Gasteiger partial charge in [0.2, 0.25) is 0 Å². The summed E-state index contributed by atoms with van der Waals surface area (Å²) in [6.45, 7) is 0. The average Bonchev–Trinajstić information content (AvgIpc) is 2.38. The molecule has 2 rings (SSSR count). The van der Waals surface area contributed by atoms with E-state index < -0.39 is 0 Å². The molecule has 0 aliphatic carbocycles. The molecule has 0 N–H and O–H groups in total. The molecule has 1 atom stereocenters. The van der Waals surface area contributed by atoms with Crippen LogP contribution in [0.3, 0.4) is 0 Å². The molecule has 1 aliphatic heterocycles. The Morgan fingerprint density at radius 3 is 2.79 bits per heavy atom. The van der Waals surface area contributed by atoms with Gasteiger partial charge < -0.3 is 9.47 Å². The van der Waals surface area contributed by atoms with Crippen LogP contribution in [-0.4, -0.2) is 16.5 Å². The minimum absolute atomic E-state index is 0.232. The number of aromatic nitrogens is 1. The van der Waals surface area contributed by atoms with Gasteiger partial charge in [0.05, 0.1) is 5.69 Å². The fourth-order valence-corrected chi connectivity index (χ4v) is 3.07. The lowest BCUT2D eigenvalue weighted by Gasteiger charge is -2.26. The van der Waals surface area contributed by atoms with Crippen molar-refractivity contribution in [2.45, 2.75) is 5.50 Å². The molecule has 0 fully saturated rings. The van der Waals surface area contributed by atoms with Crippen LogP contribution in [0.25, 0.3) is 5.83 Å². The van der Waals surface area contributed by atoms with Crippen molar-refractivity contribution in [3.8, 4) is 0 Å². The van der Waals surface area contributed by atoms with Crippen molar-refractivity contribution in [1.29, 1.82) is 0 Å². The number of rotatable bonds is 0. The molecule has 0 radical (unpaired) electrons. The van der Waals surface area contributed by atoms with Gasteiger partial charge in [0, 0.05) is 35.6 Å². The smallest absolute Gasteiger partial charge is 0.163 e. The highest BCUT2D eigenvalue weighted by Gasteiger charge is 2.28. The summed E-state index contributed by atoms with van der Waals surface area (Å²) >= 11 is 8.35. The summed E-state index contributed by atoms with van der Waals surface area (Å²) in [6.07, 6.45) is 3.31. The van der Waals surface area contributed by atoms with Gasteiger partial charge in [-0.25, -0.2) is 4.39 Å². The van der Waals surface area contributed by atoms with Crippen molar-refractivity contribution in [3.63, 3.8) is 0 Å². The van der Waals surface area contributed by atoms with Crippen LogP contribution in [-0.2, 0) is 7.05 Å². The van der Waals surface area contributed by atoms with Gasteiger partial charge >= 0.3 is 0 Å². The predicted molar refractivity (Wildman–Crippen MR) is 63.6 cm³/mol. The number of fused-ring (bicyclic) bond motifs is 1. The van der Waals surface area contributed by atoms with Crippen molar-refractivity contribution in [2.75, 3.05) is 7.05 Å². The highest BCUT2D eigenvalue weighted by molar-refractivity contribution is 14.1. The van der Waals surface area contributed by atoms with Gasteiger partial charge in [-0.1, -0.05) is 11.6 Å². The van der Waals surface area contributed by atoms with E-state index in [4.69, 9.17) is 11.6 Å². The molecule has 1 aliphatic rings. The molecule has 2 nitrogen and oxygen atoms in total. The van der Waals surface area contributed by atoms with Crippen LogP contribution in [0.2, 0.25) is 0 Å². The van der Waals surface area contributed by atoms with Crippen LogP contribution in [0, 0.1) is 3.57 Å². The van der Waals surface area contributed by atoms with Crippen LogP contribution in [0.1, 0.15) is 16.8 Å². The van der Waals surface area contributed by atoms with E-state index in [9.17, 15) is 4.39 Å². The van der Waals surface area contributed by atoms with E-state index >= 15 is 0 Å². The first-order valence-corrected chi connectivity index (χ1v) is 5.62. The zero-order chi connectivity index (χ0) is 10.5. The summed E-state index contributed by atoms with van der Waals surface area (Å²) in [5, 5.41) is 0. The molecule has 1 aromatic rings. The molecule has 2 heterocycles. The molecule has 14 heavy (non-hydrogen) atoms. The molecule has 76 valence electrons. The Bertz CT molecular complexity index is 413. The van der Waals surface area contributed by atoms with E-state index in [0.717, 1.165) is 9.13 Å². The fraction of sp³-hybridized carbons (Fsp3) is 0.333. The first kappa shape index (κ1) is 10.3. The number of nitrogens with zero attached hydrogens (tertiary/aromatic N) is 2. The van der Waals surface area contributed by atoms with Crippen molar-refractivity contribution in [2.24, 2.45) is 7.05 Å². The average molecular weight is 327 g/mol. The normalized spacial score (nSPS) is 20.8. The van der Waals surface area contributed by atoms with E-state index in [2.05, 4.69) is 22.6 Å².